The number of rotatable bonds is 1. The molecule has 3 unspecified atom stereocenters. The zero-order chi connectivity index (χ0) is 9.64. The van der Waals surface area contributed by atoms with E-state index in [1.54, 1.807) is 4.90 Å². The molecule has 0 saturated heterocycles. The zero-order valence-corrected chi connectivity index (χ0v) is 9.80. The van der Waals surface area contributed by atoms with Crippen LogP contribution in [-0.4, -0.2) is 29.7 Å². The molecule has 74 valence electrons. The first-order valence-electron chi connectivity index (χ1n) is 4.92. The van der Waals surface area contributed by atoms with E-state index in [0.29, 0.717) is 10.7 Å². The van der Waals surface area contributed by atoms with E-state index >= 15 is 0 Å². The van der Waals surface area contributed by atoms with Crippen molar-refractivity contribution in [2.24, 2.45) is 11.3 Å². The Labute approximate surface area is 87.8 Å². The third kappa shape index (κ3) is 1.24. The molecule has 0 N–H and O–H groups in total. The first-order valence-corrected chi connectivity index (χ1v) is 5.83. The SMILES string of the molecule is CN(C)C(=O)C12CCC(CC1Br)C2. The quantitative estimate of drug-likeness (QED) is 0.648. The summed E-state index contributed by atoms with van der Waals surface area (Å²) in [5, 5.41) is 0. The van der Waals surface area contributed by atoms with E-state index in [-0.39, 0.29) is 5.41 Å². The molecule has 2 rings (SSSR count). The first kappa shape index (κ1) is 9.50. The molecule has 0 aromatic heterocycles. The Morgan fingerprint density at radius 2 is 2.23 bits per heavy atom. The molecular weight excluding hydrogens is 230 g/mol. The van der Waals surface area contributed by atoms with E-state index in [1.165, 1.54) is 12.8 Å². The Morgan fingerprint density at radius 1 is 1.54 bits per heavy atom. The Morgan fingerprint density at radius 3 is 2.62 bits per heavy atom. The number of amides is 1. The predicted molar refractivity (Wildman–Crippen MR) is 55.8 cm³/mol. The lowest BCUT2D eigenvalue weighted by Crippen LogP contribution is -2.42. The van der Waals surface area contributed by atoms with Gasteiger partial charge >= 0.3 is 0 Å². The number of halogens is 1. The van der Waals surface area contributed by atoms with Crippen molar-refractivity contribution in [2.45, 2.75) is 30.5 Å². The zero-order valence-electron chi connectivity index (χ0n) is 8.22. The molecule has 2 aliphatic rings. The number of hydrogen-bond donors (Lipinski definition) is 0. The summed E-state index contributed by atoms with van der Waals surface area (Å²) in [7, 11) is 3.73. The fraction of sp³-hybridized carbons (Fsp3) is 0.900. The lowest BCUT2D eigenvalue weighted by Gasteiger charge is -2.32. The number of carbonyl (C=O) groups excluding carboxylic acids is 1. The van der Waals surface area contributed by atoms with Crippen LogP contribution in [0.2, 0.25) is 0 Å². The average Bonchev–Trinajstić information content (AvgIpc) is 2.60. The van der Waals surface area contributed by atoms with Crippen molar-refractivity contribution >= 4 is 21.8 Å². The van der Waals surface area contributed by atoms with Crippen molar-refractivity contribution in [3.05, 3.63) is 0 Å². The molecule has 3 heteroatoms. The molecule has 3 atom stereocenters. The van der Waals surface area contributed by atoms with Gasteiger partial charge in [0.15, 0.2) is 0 Å². The van der Waals surface area contributed by atoms with Gasteiger partial charge in [-0.05, 0) is 31.6 Å². The molecule has 13 heavy (non-hydrogen) atoms. The second-order valence-electron chi connectivity index (χ2n) is 4.67. The number of alkyl halides is 1. The summed E-state index contributed by atoms with van der Waals surface area (Å²) in [5.41, 5.74) is -0.0475. The summed E-state index contributed by atoms with van der Waals surface area (Å²) in [4.78, 5) is 14.2. The Balaban J connectivity index is 2.24. The number of fused-ring (bicyclic) bond motifs is 2. The molecule has 0 heterocycles. The van der Waals surface area contributed by atoms with Crippen LogP contribution in [0.25, 0.3) is 0 Å². The summed E-state index contributed by atoms with van der Waals surface area (Å²) in [6.07, 6.45) is 4.64. The lowest BCUT2D eigenvalue weighted by molar-refractivity contribution is -0.138. The number of nitrogens with zero attached hydrogens (tertiary/aromatic N) is 1. The van der Waals surface area contributed by atoms with Gasteiger partial charge in [0.05, 0.1) is 5.41 Å². The van der Waals surface area contributed by atoms with Crippen LogP contribution >= 0.6 is 15.9 Å². The number of hydrogen-bond acceptors (Lipinski definition) is 1. The summed E-state index contributed by atoms with van der Waals surface area (Å²) < 4.78 is 0. The third-order valence-corrected chi connectivity index (χ3v) is 4.87. The Bertz CT molecular complexity index is 241. The highest BCUT2D eigenvalue weighted by Gasteiger charge is 2.56. The molecule has 0 aliphatic heterocycles. The van der Waals surface area contributed by atoms with E-state index in [4.69, 9.17) is 0 Å². The standard InChI is InChI=1S/C10H16BrNO/c1-12(2)9(13)10-4-3-7(6-10)5-8(10)11/h7-8H,3-6H2,1-2H3. The van der Waals surface area contributed by atoms with Gasteiger partial charge in [-0.2, -0.15) is 0 Å². The molecule has 2 aliphatic carbocycles. The maximum absolute atomic E-state index is 12.0. The Kier molecular flexibility index (Phi) is 2.17. The highest BCUT2D eigenvalue weighted by atomic mass is 79.9. The van der Waals surface area contributed by atoms with Gasteiger partial charge in [-0.15, -0.1) is 0 Å². The van der Waals surface area contributed by atoms with Gasteiger partial charge in [0.25, 0.3) is 0 Å². The van der Waals surface area contributed by atoms with Gasteiger partial charge in [0.2, 0.25) is 5.91 Å². The van der Waals surface area contributed by atoms with Gasteiger partial charge in [0, 0.05) is 18.9 Å². The van der Waals surface area contributed by atoms with Crippen LogP contribution in [0, 0.1) is 11.3 Å². The summed E-state index contributed by atoms with van der Waals surface area (Å²) in [6.45, 7) is 0. The van der Waals surface area contributed by atoms with E-state index in [2.05, 4.69) is 15.9 Å². The molecule has 1 amide bonds. The van der Waals surface area contributed by atoms with E-state index in [9.17, 15) is 4.79 Å². The molecule has 2 saturated carbocycles. The maximum atomic E-state index is 12.0. The highest BCUT2D eigenvalue weighted by molar-refractivity contribution is 9.09. The fourth-order valence-corrected chi connectivity index (χ4v) is 4.10. The second-order valence-corrected chi connectivity index (χ2v) is 5.77. The van der Waals surface area contributed by atoms with Crippen molar-refractivity contribution in [1.29, 1.82) is 0 Å². The molecule has 0 aromatic rings. The topological polar surface area (TPSA) is 20.3 Å². The van der Waals surface area contributed by atoms with Gasteiger partial charge in [-0.3, -0.25) is 4.79 Å². The smallest absolute Gasteiger partial charge is 0.229 e. The lowest BCUT2D eigenvalue weighted by atomic mass is 9.83. The minimum Gasteiger partial charge on any atom is -0.348 e. The summed E-state index contributed by atoms with van der Waals surface area (Å²) in [5.74, 6) is 1.13. The van der Waals surface area contributed by atoms with Gasteiger partial charge in [-0.1, -0.05) is 15.9 Å². The van der Waals surface area contributed by atoms with Crippen LogP contribution in [0.15, 0.2) is 0 Å². The molecule has 0 radical (unpaired) electrons. The molecule has 2 bridgehead atoms. The minimum absolute atomic E-state index is 0.0475. The summed E-state index contributed by atoms with van der Waals surface area (Å²) in [6, 6.07) is 0. The van der Waals surface area contributed by atoms with Crippen molar-refractivity contribution in [3.63, 3.8) is 0 Å². The van der Waals surface area contributed by atoms with Crippen LogP contribution in [-0.2, 0) is 4.79 Å². The van der Waals surface area contributed by atoms with Crippen LogP contribution in [0.4, 0.5) is 0 Å². The van der Waals surface area contributed by atoms with Gasteiger partial charge < -0.3 is 4.90 Å². The fourth-order valence-electron chi connectivity index (χ4n) is 2.96. The van der Waals surface area contributed by atoms with Crippen molar-refractivity contribution < 1.29 is 4.79 Å². The van der Waals surface area contributed by atoms with E-state index < -0.39 is 0 Å². The van der Waals surface area contributed by atoms with Gasteiger partial charge in [-0.25, -0.2) is 0 Å². The largest absolute Gasteiger partial charge is 0.348 e. The Hall–Kier alpha value is -0.0500. The van der Waals surface area contributed by atoms with Crippen LogP contribution < -0.4 is 0 Å². The maximum Gasteiger partial charge on any atom is 0.229 e. The molecule has 0 spiro atoms. The predicted octanol–water partition coefficient (Wildman–Crippen LogP) is 2.03. The average molecular weight is 246 g/mol. The normalized spacial score (nSPS) is 42.4. The van der Waals surface area contributed by atoms with Crippen molar-refractivity contribution in [1.82, 2.24) is 4.90 Å². The monoisotopic (exact) mass is 245 g/mol. The minimum atomic E-state index is -0.0475. The number of carbonyl (C=O) groups is 1. The second kappa shape index (κ2) is 2.97. The van der Waals surface area contributed by atoms with Gasteiger partial charge in [0.1, 0.15) is 0 Å². The third-order valence-electron chi connectivity index (χ3n) is 3.62. The summed E-state index contributed by atoms with van der Waals surface area (Å²) >= 11 is 3.67. The van der Waals surface area contributed by atoms with Crippen molar-refractivity contribution in [3.8, 4) is 0 Å². The van der Waals surface area contributed by atoms with Crippen LogP contribution in [0.5, 0.6) is 0 Å². The molecule has 0 aromatic carbocycles. The van der Waals surface area contributed by atoms with Crippen molar-refractivity contribution in [2.75, 3.05) is 14.1 Å². The highest BCUT2D eigenvalue weighted by Crippen LogP contribution is 2.57. The van der Waals surface area contributed by atoms with Crippen LogP contribution in [0.1, 0.15) is 25.7 Å². The molecule has 2 nitrogen and oxygen atoms in total. The van der Waals surface area contributed by atoms with E-state index in [0.717, 1.165) is 18.8 Å². The van der Waals surface area contributed by atoms with Crippen LogP contribution in [0.3, 0.4) is 0 Å². The first-order chi connectivity index (χ1) is 6.06. The molecule has 2 fully saturated rings. The molecular formula is C10H16BrNO. The van der Waals surface area contributed by atoms with E-state index in [1.807, 2.05) is 14.1 Å².